The third-order valence-corrected chi connectivity index (χ3v) is 2.89. The van der Waals surface area contributed by atoms with Crippen molar-refractivity contribution in [1.82, 2.24) is 4.98 Å². The number of hydrogen-bond donors (Lipinski definition) is 2. The molecule has 0 fully saturated rings. The molecule has 0 aliphatic carbocycles. The molecular formula is C15H17N3OS. The average Bonchev–Trinajstić information content (AvgIpc) is 2.44. The van der Waals surface area contributed by atoms with Crippen molar-refractivity contribution in [3.05, 3.63) is 53.7 Å². The second kappa shape index (κ2) is 6.86. The summed E-state index contributed by atoms with van der Waals surface area (Å²) in [7, 11) is 0. The number of benzene rings is 1. The molecule has 2 aromatic rings. The van der Waals surface area contributed by atoms with E-state index >= 15 is 0 Å². The molecule has 0 bridgehead atoms. The Bertz CT molecular complexity index is 587. The monoisotopic (exact) mass is 287 g/mol. The number of ether oxygens (including phenoxy) is 1. The minimum Gasteiger partial charge on any atom is -0.492 e. The highest BCUT2D eigenvalue weighted by Crippen LogP contribution is 2.11. The van der Waals surface area contributed by atoms with Crippen LogP contribution >= 0.6 is 12.2 Å². The van der Waals surface area contributed by atoms with E-state index in [0.717, 1.165) is 22.8 Å². The molecule has 1 heterocycles. The fourth-order valence-corrected chi connectivity index (χ4v) is 1.88. The third-order valence-electron chi connectivity index (χ3n) is 2.66. The van der Waals surface area contributed by atoms with E-state index in [1.54, 1.807) is 0 Å². The molecule has 0 saturated heterocycles. The number of pyridine rings is 1. The smallest absolute Gasteiger partial charge is 0.127 e. The van der Waals surface area contributed by atoms with Crippen molar-refractivity contribution >= 4 is 23.0 Å². The standard InChI is InChI=1S/C15H17N3OS/c1-11-9-12(15(16)20)10-14(18-11)17-7-8-19-13-5-3-2-4-6-13/h2-6,9-10H,7-8H2,1H3,(H2,16,20)(H,17,18). The molecule has 104 valence electrons. The first-order valence-electron chi connectivity index (χ1n) is 6.35. The lowest BCUT2D eigenvalue weighted by molar-refractivity contribution is 0.333. The number of thiocarbonyl (C=S) groups is 1. The molecule has 0 amide bonds. The average molecular weight is 287 g/mol. The van der Waals surface area contributed by atoms with Gasteiger partial charge in [-0.05, 0) is 31.2 Å². The van der Waals surface area contributed by atoms with E-state index in [4.69, 9.17) is 22.7 Å². The number of hydrogen-bond acceptors (Lipinski definition) is 4. The number of rotatable bonds is 6. The summed E-state index contributed by atoms with van der Waals surface area (Å²) in [6, 6.07) is 13.4. The molecule has 0 aliphatic heterocycles. The van der Waals surface area contributed by atoms with Crippen molar-refractivity contribution in [3.63, 3.8) is 0 Å². The molecule has 4 nitrogen and oxygen atoms in total. The number of nitrogens with two attached hydrogens (primary N) is 1. The zero-order valence-corrected chi connectivity index (χ0v) is 12.1. The molecule has 0 unspecified atom stereocenters. The lowest BCUT2D eigenvalue weighted by Crippen LogP contribution is -2.15. The van der Waals surface area contributed by atoms with Crippen LogP contribution in [0, 0.1) is 6.92 Å². The van der Waals surface area contributed by atoms with Crippen LogP contribution in [0.25, 0.3) is 0 Å². The van der Waals surface area contributed by atoms with Crippen molar-refractivity contribution in [2.75, 3.05) is 18.5 Å². The summed E-state index contributed by atoms with van der Waals surface area (Å²) in [6.07, 6.45) is 0. The number of aryl methyl sites for hydroxylation is 1. The highest BCUT2D eigenvalue weighted by molar-refractivity contribution is 7.80. The van der Waals surface area contributed by atoms with Crippen molar-refractivity contribution < 1.29 is 4.74 Å². The molecule has 1 aromatic heterocycles. The SMILES string of the molecule is Cc1cc(C(N)=S)cc(NCCOc2ccccc2)n1. The Hall–Kier alpha value is -2.14. The maximum atomic E-state index is 5.63. The molecule has 0 aliphatic rings. The molecule has 5 heteroatoms. The summed E-state index contributed by atoms with van der Waals surface area (Å²) in [4.78, 5) is 4.75. The first-order valence-corrected chi connectivity index (χ1v) is 6.76. The first kappa shape index (κ1) is 14.3. The van der Waals surface area contributed by atoms with E-state index in [2.05, 4.69) is 10.3 Å². The van der Waals surface area contributed by atoms with Gasteiger partial charge in [-0.15, -0.1) is 0 Å². The number of nitrogens with zero attached hydrogens (tertiary/aromatic N) is 1. The van der Waals surface area contributed by atoms with Gasteiger partial charge in [0, 0.05) is 11.3 Å². The van der Waals surface area contributed by atoms with Gasteiger partial charge in [0.15, 0.2) is 0 Å². The molecule has 20 heavy (non-hydrogen) atoms. The fraction of sp³-hybridized carbons (Fsp3) is 0.200. The number of nitrogens with one attached hydrogen (secondary N) is 1. The van der Waals surface area contributed by atoms with Crippen LogP contribution in [-0.2, 0) is 0 Å². The molecule has 0 radical (unpaired) electrons. The molecule has 3 N–H and O–H groups in total. The van der Waals surface area contributed by atoms with Gasteiger partial charge in [-0.2, -0.15) is 0 Å². The summed E-state index contributed by atoms with van der Waals surface area (Å²) in [5, 5.41) is 3.20. The minimum absolute atomic E-state index is 0.374. The Morgan fingerprint density at radius 3 is 2.75 bits per heavy atom. The van der Waals surface area contributed by atoms with E-state index in [1.807, 2.05) is 49.4 Å². The quantitative estimate of drug-likeness (QED) is 0.631. The molecule has 2 rings (SSSR count). The van der Waals surface area contributed by atoms with Crippen molar-refractivity contribution in [2.24, 2.45) is 5.73 Å². The molecule has 1 aromatic carbocycles. The normalized spacial score (nSPS) is 10.1. The number of para-hydroxylation sites is 1. The van der Waals surface area contributed by atoms with Gasteiger partial charge >= 0.3 is 0 Å². The largest absolute Gasteiger partial charge is 0.492 e. The molecule has 0 atom stereocenters. The molecule has 0 spiro atoms. The van der Waals surface area contributed by atoms with Crippen molar-refractivity contribution in [2.45, 2.75) is 6.92 Å². The maximum absolute atomic E-state index is 5.63. The Labute approximate surface area is 124 Å². The topological polar surface area (TPSA) is 60.2 Å². The molecule has 0 saturated carbocycles. The minimum atomic E-state index is 0.374. The van der Waals surface area contributed by atoms with Crippen LogP contribution in [0.4, 0.5) is 5.82 Å². The van der Waals surface area contributed by atoms with E-state index in [0.29, 0.717) is 18.1 Å². The summed E-state index contributed by atoms with van der Waals surface area (Å²) >= 11 is 4.98. The van der Waals surface area contributed by atoms with E-state index in [1.165, 1.54) is 0 Å². The van der Waals surface area contributed by atoms with Crippen LogP contribution in [0.15, 0.2) is 42.5 Å². The van der Waals surface area contributed by atoms with E-state index in [9.17, 15) is 0 Å². The maximum Gasteiger partial charge on any atom is 0.127 e. The number of aromatic nitrogens is 1. The van der Waals surface area contributed by atoms with Crippen LogP contribution in [0.3, 0.4) is 0 Å². The van der Waals surface area contributed by atoms with Gasteiger partial charge in [0.1, 0.15) is 23.2 Å². The van der Waals surface area contributed by atoms with E-state index < -0.39 is 0 Å². The van der Waals surface area contributed by atoms with Gasteiger partial charge in [-0.1, -0.05) is 30.4 Å². The van der Waals surface area contributed by atoms with Gasteiger partial charge < -0.3 is 15.8 Å². The van der Waals surface area contributed by atoms with Gasteiger partial charge in [0.2, 0.25) is 0 Å². The van der Waals surface area contributed by atoms with Crippen LogP contribution in [0.2, 0.25) is 0 Å². The predicted molar refractivity (Wildman–Crippen MR) is 85.3 cm³/mol. The fourth-order valence-electron chi connectivity index (χ4n) is 1.77. The Morgan fingerprint density at radius 1 is 1.30 bits per heavy atom. The second-order valence-electron chi connectivity index (χ2n) is 4.33. The lowest BCUT2D eigenvalue weighted by atomic mass is 10.2. The summed E-state index contributed by atoms with van der Waals surface area (Å²) in [5.74, 6) is 1.61. The highest BCUT2D eigenvalue weighted by atomic mass is 32.1. The zero-order valence-electron chi connectivity index (χ0n) is 11.3. The van der Waals surface area contributed by atoms with Crippen LogP contribution in [0.5, 0.6) is 5.75 Å². The summed E-state index contributed by atoms with van der Waals surface area (Å²) in [6.45, 7) is 3.12. The Balaban J connectivity index is 1.86. The van der Waals surface area contributed by atoms with Gasteiger partial charge in [-0.3, -0.25) is 0 Å². The van der Waals surface area contributed by atoms with Gasteiger partial charge in [0.25, 0.3) is 0 Å². The van der Waals surface area contributed by atoms with Gasteiger partial charge in [0.05, 0.1) is 6.54 Å². The summed E-state index contributed by atoms with van der Waals surface area (Å²) in [5.41, 5.74) is 7.33. The Kier molecular flexibility index (Phi) is 4.90. The summed E-state index contributed by atoms with van der Waals surface area (Å²) < 4.78 is 5.59. The number of anilines is 1. The first-order chi connectivity index (χ1) is 9.65. The van der Waals surface area contributed by atoms with Crippen molar-refractivity contribution in [1.29, 1.82) is 0 Å². The highest BCUT2D eigenvalue weighted by Gasteiger charge is 2.02. The zero-order chi connectivity index (χ0) is 14.4. The van der Waals surface area contributed by atoms with Crippen LogP contribution < -0.4 is 15.8 Å². The molecular weight excluding hydrogens is 270 g/mol. The second-order valence-corrected chi connectivity index (χ2v) is 4.77. The Morgan fingerprint density at radius 2 is 2.05 bits per heavy atom. The van der Waals surface area contributed by atoms with Gasteiger partial charge in [-0.25, -0.2) is 4.98 Å². The lowest BCUT2D eigenvalue weighted by Gasteiger charge is -2.10. The third kappa shape index (κ3) is 4.20. The van der Waals surface area contributed by atoms with E-state index in [-0.39, 0.29) is 0 Å². The van der Waals surface area contributed by atoms with Crippen molar-refractivity contribution in [3.8, 4) is 5.75 Å². The predicted octanol–water partition coefficient (Wildman–Crippen LogP) is 2.52. The van der Waals surface area contributed by atoms with Crippen LogP contribution in [-0.4, -0.2) is 23.1 Å². The van der Waals surface area contributed by atoms with Crippen LogP contribution in [0.1, 0.15) is 11.3 Å².